The Morgan fingerprint density at radius 1 is 1.08 bits per heavy atom. The zero-order valence-corrected chi connectivity index (χ0v) is 13.8. The molecule has 2 aromatic carbocycles. The van der Waals surface area contributed by atoms with Crippen LogP contribution in [-0.4, -0.2) is 23.8 Å². The number of nitrogens with one attached hydrogen (secondary N) is 1. The van der Waals surface area contributed by atoms with Gasteiger partial charge in [-0.05, 0) is 13.0 Å². The van der Waals surface area contributed by atoms with Crippen LogP contribution in [0.15, 0.2) is 46.1 Å². The van der Waals surface area contributed by atoms with Crippen LogP contribution in [0.1, 0.15) is 11.1 Å². The highest BCUT2D eigenvalue weighted by molar-refractivity contribution is 5.94. The van der Waals surface area contributed by atoms with Crippen molar-refractivity contribution in [3.63, 3.8) is 0 Å². The highest BCUT2D eigenvalue weighted by Crippen LogP contribution is 2.36. The fraction of sp³-hybridized carbons (Fsp3) is 0.222. The highest BCUT2D eigenvalue weighted by atomic mass is 16.5. The van der Waals surface area contributed by atoms with E-state index in [9.17, 15) is 9.59 Å². The number of benzene rings is 2. The topological polar surface area (TPSA) is 73.3 Å². The number of aryl methyl sites for hydroxylation is 1. The fourth-order valence-corrected chi connectivity index (χ4v) is 2.82. The van der Waals surface area contributed by atoms with Gasteiger partial charge in [0.15, 0.2) is 0 Å². The Bertz CT molecular complexity index is 1020. The van der Waals surface area contributed by atoms with Crippen molar-refractivity contribution in [1.29, 1.82) is 0 Å². The van der Waals surface area contributed by atoms with E-state index in [4.69, 9.17) is 9.47 Å². The zero-order valence-electron chi connectivity index (χ0n) is 13.8. The molecule has 124 valence electrons. The monoisotopic (exact) mass is 326 g/mol. The van der Waals surface area contributed by atoms with Crippen molar-refractivity contribution in [1.82, 2.24) is 9.55 Å². The SMILES string of the molecule is COc1cc(Cn2cc(C)c(=O)[nH]c2=O)c(OC)c2ccccc12. The van der Waals surface area contributed by atoms with Gasteiger partial charge in [0.25, 0.3) is 5.56 Å². The molecule has 0 unspecified atom stereocenters. The molecular weight excluding hydrogens is 308 g/mol. The van der Waals surface area contributed by atoms with Gasteiger partial charge in [-0.25, -0.2) is 4.79 Å². The molecule has 0 saturated heterocycles. The molecule has 0 spiro atoms. The molecule has 0 fully saturated rings. The van der Waals surface area contributed by atoms with Crippen LogP contribution in [0.2, 0.25) is 0 Å². The van der Waals surface area contributed by atoms with E-state index in [0.717, 1.165) is 16.3 Å². The quantitative estimate of drug-likeness (QED) is 0.796. The minimum absolute atomic E-state index is 0.265. The van der Waals surface area contributed by atoms with E-state index in [1.54, 1.807) is 27.3 Å². The van der Waals surface area contributed by atoms with Gasteiger partial charge in [-0.3, -0.25) is 14.3 Å². The van der Waals surface area contributed by atoms with E-state index in [1.807, 2.05) is 30.3 Å². The van der Waals surface area contributed by atoms with Gasteiger partial charge in [-0.15, -0.1) is 0 Å². The van der Waals surface area contributed by atoms with Gasteiger partial charge in [0.05, 0.1) is 20.8 Å². The molecule has 0 saturated carbocycles. The summed E-state index contributed by atoms with van der Waals surface area (Å²) in [6.45, 7) is 1.92. The number of hydrogen-bond acceptors (Lipinski definition) is 4. The summed E-state index contributed by atoms with van der Waals surface area (Å²) in [5.41, 5.74) is 0.432. The summed E-state index contributed by atoms with van der Waals surface area (Å²) in [6.07, 6.45) is 1.54. The zero-order chi connectivity index (χ0) is 17.3. The first-order chi connectivity index (χ1) is 11.5. The van der Waals surface area contributed by atoms with Crippen LogP contribution < -0.4 is 20.7 Å². The third kappa shape index (κ3) is 2.67. The number of aromatic nitrogens is 2. The molecule has 6 nitrogen and oxygen atoms in total. The molecule has 1 N–H and O–H groups in total. The van der Waals surface area contributed by atoms with Crippen molar-refractivity contribution in [2.45, 2.75) is 13.5 Å². The highest BCUT2D eigenvalue weighted by Gasteiger charge is 2.14. The Morgan fingerprint density at radius 3 is 2.46 bits per heavy atom. The first-order valence-corrected chi connectivity index (χ1v) is 7.48. The molecule has 24 heavy (non-hydrogen) atoms. The molecule has 0 aliphatic rings. The average Bonchev–Trinajstić information content (AvgIpc) is 2.58. The third-order valence-corrected chi connectivity index (χ3v) is 3.99. The smallest absolute Gasteiger partial charge is 0.328 e. The molecule has 0 atom stereocenters. The van der Waals surface area contributed by atoms with Crippen LogP contribution in [0, 0.1) is 6.92 Å². The molecule has 0 aliphatic heterocycles. The van der Waals surface area contributed by atoms with Gasteiger partial charge >= 0.3 is 5.69 Å². The van der Waals surface area contributed by atoms with Crippen LogP contribution >= 0.6 is 0 Å². The minimum atomic E-state index is -0.459. The molecule has 1 heterocycles. The maximum atomic E-state index is 12.0. The summed E-state index contributed by atoms with van der Waals surface area (Å²) in [7, 11) is 3.20. The number of H-pyrrole nitrogens is 1. The Balaban J connectivity index is 2.21. The number of methoxy groups -OCH3 is 2. The lowest BCUT2D eigenvalue weighted by Crippen LogP contribution is -2.31. The summed E-state index contributed by atoms with van der Waals surface area (Å²) in [6, 6.07) is 9.61. The predicted octanol–water partition coefficient (Wildman–Crippen LogP) is 2.06. The summed E-state index contributed by atoms with van der Waals surface area (Å²) < 4.78 is 12.5. The molecule has 3 aromatic rings. The molecule has 1 aromatic heterocycles. The van der Waals surface area contributed by atoms with Crippen molar-refractivity contribution in [2.24, 2.45) is 0 Å². The molecule has 6 heteroatoms. The number of rotatable bonds is 4. The lowest BCUT2D eigenvalue weighted by Gasteiger charge is -2.16. The Labute approximate surface area is 138 Å². The fourth-order valence-electron chi connectivity index (χ4n) is 2.82. The van der Waals surface area contributed by atoms with Crippen LogP contribution in [0.5, 0.6) is 11.5 Å². The van der Waals surface area contributed by atoms with E-state index in [1.165, 1.54) is 4.57 Å². The lowest BCUT2D eigenvalue weighted by molar-refractivity contribution is 0.404. The van der Waals surface area contributed by atoms with E-state index >= 15 is 0 Å². The van der Waals surface area contributed by atoms with E-state index in [2.05, 4.69) is 4.98 Å². The van der Waals surface area contributed by atoms with E-state index < -0.39 is 5.69 Å². The van der Waals surface area contributed by atoms with Gasteiger partial charge in [0, 0.05) is 28.1 Å². The molecule has 0 radical (unpaired) electrons. The van der Waals surface area contributed by atoms with Crippen molar-refractivity contribution >= 4 is 10.8 Å². The molecule has 0 bridgehead atoms. The Morgan fingerprint density at radius 2 is 1.79 bits per heavy atom. The molecule has 0 aliphatic carbocycles. The summed E-state index contributed by atoms with van der Waals surface area (Å²) in [4.78, 5) is 25.9. The van der Waals surface area contributed by atoms with Crippen molar-refractivity contribution in [2.75, 3.05) is 14.2 Å². The van der Waals surface area contributed by atoms with Gasteiger partial charge < -0.3 is 9.47 Å². The lowest BCUT2D eigenvalue weighted by atomic mass is 10.0. The van der Waals surface area contributed by atoms with Gasteiger partial charge in [0.2, 0.25) is 0 Å². The Hall–Kier alpha value is -3.02. The maximum Gasteiger partial charge on any atom is 0.328 e. The van der Waals surface area contributed by atoms with Gasteiger partial charge in [-0.2, -0.15) is 0 Å². The summed E-state index contributed by atoms with van der Waals surface area (Å²) in [5, 5.41) is 1.84. The van der Waals surface area contributed by atoms with Crippen LogP contribution in [-0.2, 0) is 6.54 Å². The summed E-state index contributed by atoms with van der Waals surface area (Å²) in [5.74, 6) is 1.39. The number of fused-ring (bicyclic) bond motifs is 1. The number of nitrogens with zero attached hydrogens (tertiary/aromatic N) is 1. The van der Waals surface area contributed by atoms with Gasteiger partial charge in [-0.1, -0.05) is 24.3 Å². The van der Waals surface area contributed by atoms with Crippen LogP contribution in [0.4, 0.5) is 0 Å². The second kappa shape index (κ2) is 6.23. The van der Waals surface area contributed by atoms with Crippen molar-refractivity contribution < 1.29 is 9.47 Å². The second-order valence-electron chi connectivity index (χ2n) is 5.52. The first-order valence-electron chi connectivity index (χ1n) is 7.48. The third-order valence-electron chi connectivity index (χ3n) is 3.99. The predicted molar refractivity (Wildman–Crippen MR) is 92.2 cm³/mol. The number of hydrogen-bond donors (Lipinski definition) is 1. The Kier molecular flexibility index (Phi) is 4.12. The standard InChI is InChI=1S/C18H18N2O4/c1-11-9-20(18(22)19-17(11)21)10-12-8-15(23-2)13-6-4-5-7-14(13)16(12)24-3/h4-9H,10H2,1-3H3,(H,19,21,22). The first kappa shape index (κ1) is 15.9. The molecule has 3 rings (SSSR count). The number of aromatic amines is 1. The number of ether oxygens (including phenoxy) is 2. The van der Waals surface area contributed by atoms with Gasteiger partial charge in [0.1, 0.15) is 11.5 Å². The normalized spacial score (nSPS) is 10.8. The second-order valence-corrected chi connectivity index (χ2v) is 5.52. The van der Waals surface area contributed by atoms with E-state index in [0.29, 0.717) is 17.1 Å². The van der Waals surface area contributed by atoms with Crippen LogP contribution in [0.3, 0.4) is 0 Å². The summed E-state index contributed by atoms with van der Waals surface area (Å²) >= 11 is 0. The maximum absolute atomic E-state index is 12.0. The molecular formula is C18H18N2O4. The van der Waals surface area contributed by atoms with E-state index in [-0.39, 0.29) is 12.1 Å². The van der Waals surface area contributed by atoms with Crippen LogP contribution in [0.25, 0.3) is 10.8 Å². The largest absolute Gasteiger partial charge is 0.496 e. The molecule has 0 amide bonds. The van der Waals surface area contributed by atoms with Crippen molar-refractivity contribution in [3.05, 3.63) is 68.5 Å². The minimum Gasteiger partial charge on any atom is -0.496 e. The average molecular weight is 326 g/mol. The van der Waals surface area contributed by atoms with Crippen molar-refractivity contribution in [3.8, 4) is 11.5 Å².